The molecule has 0 aromatic rings. The van der Waals surface area contributed by atoms with Gasteiger partial charge < -0.3 is 153 Å². The van der Waals surface area contributed by atoms with Crippen molar-refractivity contribution in [3.8, 4) is 0 Å². The lowest BCUT2D eigenvalue weighted by Gasteiger charge is -2.45. The summed E-state index contributed by atoms with van der Waals surface area (Å²) in [7, 11) is -32.8. The van der Waals surface area contributed by atoms with E-state index in [0.29, 0.717) is 26.2 Å². The van der Waals surface area contributed by atoms with Gasteiger partial charge in [-0.25, -0.2) is 0 Å². The first-order valence-corrected chi connectivity index (χ1v) is 96.0. The van der Waals surface area contributed by atoms with Gasteiger partial charge in [-0.2, -0.15) is 0 Å². The van der Waals surface area contributed by atoms with E-state index in [-0.39, 0.29) is 61.2 Å². The zero-order valence-corrected chi connectivity index (χ0v) is 105. The Balaban J connectivity index is -0.00000110. The third kappa shape index (κ3) is 72.8. The highest BCUT2D eigenvalue weighted by Gasteiger charge is 2.55. The van der Waals surface area contributed by atoms with Gasteiger partial charge in [-0.1, -0.05) is 0 Å². The number of aliphatic hydroxyl groups is 2. The van der Waals surface area contributed by atoms with Crippen LogP contribution in [0, 0.1) is 0 Å². The van der Waals surface area contributed by atoms with Crippen molar-refractivity contribution in [3.05, 3.63) is 0 Å². The van der Waals surface area contributed by atoms with Crippen LogP contribution in [0.2, 0.25) is 260 Å². The zero-order chi connectivity index (χ0) is 93.2. The van der Waals surface area contributed by atoms with Crippen LogP contribution in [0.15, 0.2) is 0 Å². The normalized spacial score (nSPS) is 17.8. The lowest BCUT2D eigenvalue weighted by molar-refractivity contribution is -0.873. The van der Waals surface area contributed by atoms with E-state index in [9.17, 15) is 10.2 Å². The van der Waals surface area contributed by atoms with E-state index in [4.69, 9.17) is 77.3 Å². The first-order valence-electron chi connectivity index (χ1n) is 44.1. The fraction of sp³-hybridized carbons (Fsp3) is 1.00. The van der Waals surface area contributed by atoms with E-state index in [2.05, 4.69) is 324 Å². The summed E-state index contributed by atoms with van der Waals surface area (Å²) < 4.78 is 113. The summed E-state index contributed by atoms with van der Waals surface area (Å²) in [6.07, 6.45) is 2.87. The van der Waals surface area contributed by atoms with Gasteiger partial charge >= 0.3 is 120 Å². The van der Waals surface area contributed by atoms with Gasteiger partial charge in [-0.05, 0) is 339 Å². The molecule has 728 valence electrons. The Morgan fingerprint density at radius 1 is 0.250 bits per heavy atom. The maximum Gasteiger partial charge on any atom is 0.317 e. The Labute approximate surface area is 770 Å². The number of nitrogens with one attached hydrogen (secondary N) is 6. The standard InChI is InChI=1S/2C36H98N5O9Si9.2ClH/c2*1-34(37)30-38-26-24-28-58(22,47-53(12,13)43-51(6,7)8)49-56(18,19)45-55(16,17)46-57(20,21)50-59(23,48-54(14,15)44-52(9,10)11)29-25-27-39-31-35(2)40-32-36(42)33-41(3,4)5;;/h2*34-36,38-40,42H,24-33,37H2,1-23H3;2*1H/q2*+1;;/p-2. The quantitative estimate of drug-likeness (QED) is 0.0159. The molecule has 28 nitrogen and oxygen atoms in total. The van der Waals surface area contributed by atoms with Crippen molar-refractivity contribution >= 4 is 153 Å². The van der Waals surface area contributed by atoms with Crippen molar-refractivity contribution in [2.24, 2.45) is 11.5 Å². The maximum atomic E-state index is 10.4. The van der Waals surface area contributed by atoms with Gasteiger partial charge in [-0.3, -0.25) is 0 Å². The Morgan fingerprint density at radius 3 is 0.567 bits per heavy atom. The molecule has 0 amide bonds. The molecule has 0 saturated carbocycles. The highest BCUT2D eigenvalue weighted by atomic mass is 35.5. The third-order valence-corrected chi connectivity index (χ3v) is 84.5. The number of quaternary nitrogens is 2. The zero-order valence-electron chi connectivity index (χ0n) is 85.8. The smallest absolute Gasteiger partial charge is 0.317 e. The highest BCUT2D eigenvalue weighted by molar-refractivity contribution is 6.95. The Kier molecular flexibility index (Phi) is 57.9. The molecule has 0 aliphatic heterocycles. The van der Waals surface area contributed by atoms with Crippen molar-refractivity contribution in [1.29, 1.82) is 0 Å². The summed E-state index contributed by atoms with van der Waals surface area (Å²) >= 11 is 0. The number of hydrogen-bond donors (Lipinski definition) is 10. The van der Waals surface area contributed by atoms with Crippen molar-refractivity contribution in [2.75, 3.05) is 121 Å². The summed E-state index contributed by atoms with van der Waals surface area (Å²) in [5.41, 5.74) is 12.0. The summed E-state index contributed by atoms with van der Waals surface area (Å²) in [6.45, 7) is 95.4. The van der Waals surface area contributed by atoms with E-state index in [1.54, 1.807) is 0 Å². The largest absolute Gasteiger partial charge is 1.00 e. The number of aliphatic hydroxyl groups excluding tert-OH is 2. The minimum Gasteiger partial charge on any atom is -1.00 e. The fourth-order valence-corrected chi connectivity index (χ4v) is 106. The summed E-state index contributed by atoms with van der Waals surface area (Å²) in [5, 5.41) is 42.0. The average Bonchev–Trinajstić information content (AvgIpc) is 0.798. The number of halogens is 2. The highest BCUT2D eigenvalue weighted by Crippen LogP contribution is 2.36. The molecule has 0 heterocycles. The molecule has 48 heteroatoms. The predicted octanol–water partition coefficient (Wildman–Crippen LogP) is 7.60. The van der Waals surface area contributed by atoms with E-state index >= 15 is 0 Å². The molecular weight excluding hydrogens is 1870 g/mol. The molecule has 0 saturated heterocycles. The van der Waals surface area contributed by atoms with E-state index in [0.717, 1.165) is 111 Å². The number of nitrogens with two attached hydrogens (primary N) is 2. The first-order chi connectivity index (χ1) is 52.1. The third-order valence-electron chi connectivity index (χ3n) is 16.6. The van der Waals surface area contributed by atoms with Gasteiger partial charge in [0.2, 0.25) is 0 Å². The molecule has 120 heavy (non-hydrogen) atoms. The molecule has 10 atom stereocenters. The molecule has 0 aliphatic rings. The van der Waals surface area contributed by atoms with Gasteiger partial charge in [0.15, 0.2) is 33.3 Å². The molecular formula is C72H196Cl2N10O18Si18. The van der Waals surface area contributed by atoms with Gasteiger partial charge in [0.25, 0.3) is 0 Å². The fourth-order valence-electron chi connectivity index (χ4n) is 15.8. The Hall–Kier alpha value is 3.36. The van der Waals surface area contributed by atoms with Crippen LogP contribution in [-0.2, 0) is 65.8 Å². The summed E-state index contributed by atoms with van der Waals surface area (Å²) in [5.74, 6) is 0. The van der Waals surface area contributed by atoms with Crippen LogP contribution in [0.3, 0.4) is 0 Å². The van der Waals surface area contributed by atoms with Crippen LogP contribution in [-0.4, -0.2) is 329 Å². The molecule has 10 unspecified atom stereocenters. The van der Waals surface area contributed by atoms with Gasteiger partial charge in [0, 0.05) is 63.4 Å². The van der Waals surface area contributed by atoms with Crippen LogP contribution < -0.4 is 68.2 Å². The Bertz CT molecular complexity index is 2620. The number of rotatable bonds is 66. The van der Waals surface area contributed by atoms with Crippen LogP contribution in [0.25, 0.3) is 0 Å². The van der Waals surface area contributed by atoms with Gasteiger partial charge in [0.1, 0.15) is 25.3 Å². The maximum absolute atomic E-state index is 10.4. The lowest BCUT2D eigenvalue weighted by atomic mass is 10.2. The van der Waals surface area contributed by atoms with Crippen molar-refractivity contribution < 1.29 is 110 Å². The molecule has 0 aromatic heterocycles. The van der Waals surface area contributed by atoms with Crippen LogP contribution in [0.4, 0.5) is 0 Å². The lowest BCUT2D eigenvalue weighted by Crippen LogP contribution is -3.00. The average molecular weight is 2070 g/mol. The predicted molar refractivity (Wildman–Crippen MR) is 541 cm³/mol. The molecule has 0 bridgehead atoms. The van der Waals surface area contributed by atoms with Gasteiger partial charge in [0.05, 0.1) is 42.3 Å². The Morgan fingerprint density at radius 2 is 0.408 bits per heavy atom. The van der Waals surface area contributed by atoms with Crippen molar-refractivity contribution in [1.82, 2.24) is 31.9 Å². The van der Waals surface area contributed by atoms with E-state index in [1.807, 2.05) is 13.8 Å². The van der Waals surface area contributed by atoms with Crippen molar-refractivity contribution in [2.45, 2.75) is 350 Å². The van der Waals surface area contributed by atoms with E-state index in [1.165, 1.54) is 0 Å². The molecule has 0 aromatic carbocycles. The number of nitrogens with zero attached hydrogens (tertiary/aromatic N) is 2. The minimum absolute atomic E-state index is 0. The van der Waals surface area contributed by atoms with Crippen molar-refractivity contribution in [3.63, 3.8) is 0 Å². The molecule has 0 spiro atoms. The topological polar surface area (TPSA) is 312 Å². The second kappa shape index (κ2) is 53.6. The summed E-state index contributed by atoms with van der Waals surface area (Å²) in [4.78, 5) is 0. The minimum atomic E-state index is -2.80. The molecule has 0 aliphatic carbocycles. The monoisotopic (exact) mass is 2060 g/mol. The number of hydrogen-bond acceptors (Lipinski definition) is 26. The van der Waals surface area contributed by atoms with Crippen LogP contribution in [0.5, 0.6) is 0 Å². The molecule has 12 N–H and O–H groups in total. The summed E-state index contributed by atoms with van der Waals surface area (Å²) in [6, 6.07) is 3.93. The van der Waals surface area contributed by atoms with Gasteiger partial charge in [-0.15, -0.1) is 0 Å². The SMILES string of the molecule is CC(N)CNCCC[Si](C)(O[Si](C)(C)O[Si](C)(C)C)O[Si](C)(C)O[Si](C)(C)O[Si](C)(C)O[Si](C)(CCCNCC(C)NCC(O)C[N+](C)(C)C)O[Si](C)(C)O[Si](C)(C)C.CC(N)CNCCC[Si](C)(O[Si](C)(C)O[Si](C)(C)C)O[Si](C)(C)O[Si](C)(C)O[Si](C)(C)O[Si](C)(CCCNCC(C)NCC(O)C[N+](C)(C)C)O[Si](C)(C)O[Si](C)(C)C.[Cl-].[Cl-]. The molecule has 0 rings (SSSR count). The number of likely N-dealkylation sites (N-methyl/N-ethyl adjacent to an activating group) is 2. The van der Waals surface area contributed by atoms with Crippen LogP contribution in [0.1, 0.15) is 53.4 Å². The first kappa shape index (κ1) is 130. The molecule has 0 fully saturated rings. The van der Waals surface area contributed by atoms with E-state index < -0.39 is 153 Å². The second-order valence-electron chi connectivity index (χ2n) is 44.7. The molecule has 0 radical (unpaired) electrons. The second-order valence-corrected chi connectivity index (χ2v) is 114. The van der Waals surface area contributed by atoms with Crippen LogP contribution >= 0.6 is 0 Å².